The molecule has 10 heteroatoms. The topological polar surface area (TPSA) is 90.1 Å². The summed E-state index contributed by atoms with van der Waals surface area (Å²) in [4.78, 5) is 17.9. The monoisotopic (exact) mass is 453 g/mol. The average molecular weight is 454 g/mol. The molecule has 2 aliphatic heterocycles. The number of nitrogens with zero attached hydrogens (tertiary/aromatic N) is 7. The number of hydrogen-bond donors (Lipinski definition) is 0. The van der Waals surface area contributed by atoms with Gasteiger partial charge in [-0.1, -0.05) is 6.42 Å². The Balaban J connectivity index is 1.29. The summed E-state index contributed by atoms with van der Waals surface area (Å²) in [5, 5.41) is 4.40. The van der Waals surface area contributed by atoms with Gasteiger partial charge in [0.25, 0.3) is 0 Å². The molecule has 1 unspecified atom stereocenters. The first-order valence-electron chi connectivity index (χ1n) is 11.6. The second-order valence-electron chi connectivity index (χ2n) is 8.55. The molecule has 0 N–H and O–H groups in total. The molecule has 0 aromatic carbocycles. The van der Waals surface area contributed by atoms with Crippen molar-refractivity contribution in [3.63, 3.8) is 0 Å². The Hall–Kier alpha value is -2.98. The zero-order valence-corrected chi connectivity index (χ0v) is 19.3. The highest BCUT2D eigenvalue weighted by Crippen LogP contribution is 2.33. The Kier molecular flexibility index (Phi) is 6.54. The third-order valence-electron chi connectivity index (χ3n) is 6.46. The molecule has 5 heterocycles. The minimum Gasteiger partial charge on any atom is -0.480 e. The van der Waals surface area contributed by atoms with E-state index in [0.717, 1.165) is 55.1 Å². The van der Waals surface area contributed by atoms with Crippen molar-refractivity contribution in [3.8, 4) is 23.0 Å². The molecule has 2 saturated heterocycles. The van der Waals surface area contributed by atoms with E-state index in [4.69, 9.17) is 14.2 Å². The maximum absolute atomic E-state index is 6.22. The fraction of sp³-hybridized carbons (Fsp3) is 0.565. The molecular weight excluding hydrogens is 422 g/mol. The summed E-state index contributed by atoms with van der Waals surface area (Å²) < 4.78 is 18.6. The van der Waals surface area contributed by atoms with E-state index < -0.39 is 0 Å². The quantitative estimate of drug-likeness (QED) is 0.509. The molecule has 2 fully saturated rings. The first-order valence-corrected chi connectivity index (χ1v) is 11.6. The van der Waals surface area contributed by atoms with Crippen molar-refractivity contribution < 1.29 is 14.2 Å². The van der Waals surface area contributed by atoms with Gasteiger partial charge in [-0.2, -0.15) is 10.1 Å². The number of methoxy groups -OCH3 is 2. The van der Waals surface area contributed by atoms with Crippen LogP contribution in [-0.2, 0) is 4.74 Å². The molecule has 33 heavy (non-hydrogen) atoms. The van der Waals surface area contributed by atoms with Gasteiger partial charge in [0.15, 0.2) is 5.82 Å². The van der Waals surface area contributed by atoms with E-state index in [1.54, 1.807) is 19.6 Å². The normalized spacial score (nSPS) is 19.3. The lowest BCUT2D eigenvalue weighted by atomic mass is 10.1. The molecule has 3 aromatic rings. The van der Waals surface area contributed by atoms with Crippen LogP contribution in [0.2, 0.25) is 0 Å². The summed E-state index contributed by atoms with van der Waals surface area (Å²) in [5.41, 5.74) is 2.61. The van der Waals surface area contributed by atoms with Crippen molar-refractivity contribution in [3.05, 3.63) is 24.8 Å². The van der Waals surface area contributed by atoms with E-state index in [9.17, 15) is 0 Å². The van der Waals surface area contributed by atoms with Crippen molar-refractivity contribution in [2.75, 3.05) is 58.5 Å². The molecule has 0 bridgehead atoms. The highest BCUT2D eigenvalue weighted by atomic mass is 16.5. The van der Waals surface area contributed by atoms with Crippen LogP contribution in [0.3, 0.4) is 0 Å². The third kappa shape index (κ3) is 4.72. The molecule has 176 valence electrons. The van der Waals surface area contributed by atoms with Gasteiger partial charge in [-0.15, -0.1) is 0 Å². The maximum Gasteiger partial charge on any atom is 0.319 e. The van der Waals surface area contributed by atoms with Gasteiger partial charge in [0.05, 0.1) is 32.5 Å². The fourth-order valence-corrected chi connectivity index (χ4v) is 4.70. The number of rotatable bonds is 8. The summed E-state index contributed by atoms with van der Waals surface area (Å²) in [6.07, 6.45) is 10.5. The molecule has 5 rings (SSSR count). The molecule has 0 radical (unpaired) electrons. The van der Waals surface area contributed by atoms with Gasteiger partial charge in [-0.25, -0.2) is 14.5 Å². The first kappa shape index (κ1) is 21.8. The Morgan fingerprint density at radius 3 is 2.76 bits per heavy atom. The molecule has 2 aliphatic rings. The zero-order chi connectivity index (χ0) is 22.6. The molecule has 3 aromatic heterocycles. The zero-order valence-electron chi connectivity index (χ0n) is 19.3. The van der Waals surface area contributed by atoms with Gasteiger partial charge in [-0.05, 0) is 38.4 Å². The van der Waals surface area contributed by atoms with E-state index in [0.29, 0.717) is 5.88 Å². The summed E-state index contributed by atoms with van der Waals surface area (Å²) in [6.45, 7) is 5.99. The Labute approximate surface area is 193 Å². The summed E-state index contributed by atoms with van der Waals surface area (Å²) >= 11 is 0. The number of piperidine rings is 1. The highest BCUT2D eigenvalue weighted by molar-refractivity contribution is 5.79. The second-order valence-corrected chi connectivity index (χ2v) is 8.55. The minimum atomic E-state index is 0.231. The molecule has 10 nitrogen and oxygen atoms in total. The lowest BCUT2D eigenvalue weighted by Gasteiger charge is -2.26. The number of hydrogen-bond acceptors (Lipinski definition) is 9. The van der Waals surface area contributed by atoms with E-state index in [1.165, 1.54) is 39.5 Å². The molecule has 0 saturated carbocycles. The third-order valence-corrected chi connectivity index (χ3v) is 6.46. The van der Waals surface area contributed by atoms with Gasteiger partial charge in [0.1, 0.15) is 11.8 Å². The van der Waals surface area contributed by atoms with Crippen LogP contribution in [-0.4, -0.2) is 89.1 Å². The number of anilines is 1. The van der Waals surface area contributed by atoms with Crippen molar-refractivity contribution in [1.29, 1.82) is 0 Å². The van der Waals surface area contributed by atoms with Gasteiger partial charge in [0, 0.05) is 37.6 Å². The van der Waals surface area contributed by atoms with Crippen LogP contribution < -0.4 is 14.4 Å². The standard InChI is InChI=1S/C23H31N7O3/c1-31-22-19(13-24-23(27-22)32-2)17-12-20-21(25-16-26-30(20)14-17)29-9-6-18(15-29)33-11-10-28-7-4-3-5-8-28/h12-14,16,18H,3-11,15H2,1-2H3. The number of likely N-dealkylation sites (tertiary alicyclic amines) is 1. The predicted molar refractivity (Wildman–Crippen MR) is 124 cm³/mol. The SMILES string of the molecule is COc1ncc(-c2cc3c(N4CCC(OCCN5CCCCC5)C4)ncnn3c2)c(OC)n1. The van der Waals surface area contributed by atoms with Crippen LogP contribution in [0.1, 0.15) is 25.7 Å². The lowest BCUT2D eigenvalue weighted by Crippen LogP contribution is -2.34. The predicted octanol–water partition coefficient (Wildman–Crippen LogP) is 2.28. The fourth-order valence-electron chi connectivity index (χ4n) is 4.70. The van der Waals surface area contributed by atoms with Gasteiger partial charge < -0.3 is 24.0 Å². The van der Waals surface area contributed by atoms with E-state index >= 15 is 0 Å². The van der Waals surface area contributed by atoms with Crippen LogP contribution in [0.4, 0.5) is 5.82 Å². The van der Waals surface area contributed by atoms with Crippen LogP contribution >= 0.6 is 0 Å². The van der Waals surface area contributed by atoms with Crippen molar-refractivity contribution in [1.82, 2.24) is 29.5 Å². The lowest BCUT2D eigenvalue weighted by molar-refractivity contribution is 0.0467. The van der Waals surface area contributed by atoms with Gasteiger partial charge in [-0.3, -0.25) is 0 Å². The smallest absolute Gasteiger partial charge is 0.319 e. The Morgan fingerprint density at radius 2 is 1.94 bits per heavy atom. The molecule has 0 aliphatic carbocycles. The van der Waals surface area contributed by atoms with E-state index in [1.807, 2.05) is 16.8 Å². The maximum atomic E-state index is 6.22. The number of fused-ring (bicyclic) bond motifs is 1. The van der Waals surface area contributed by atoms with Crippen LogP contribution in [0.15, 0.2) is 24.8 Å². The molecule has 0 spiro atoms. The largest absolute Gasteiger partial charge is 0.480 e. The average Bonchev–Trinajstić information content (AvgIpc) is 3.51. The minimum absolute atomic E-state index is 0.231. The first-order chi connectivity index (χ1) is 16.2. The van der Waals surface area contributed by atoms with Crippen LogP contribution in [0.5, 0.6) is 11.9 Å². The van der Waals surface area contributed by atoms with Crippen molar-refractivity contribution >= 4 is 11.3 Å². The number of aromatic nitrogens is 5. The van der Waals surface area contributed by atoms with Crippen molar-refractivity contribution in [2.24, 2.45) is 0 Å². The summed E-state index contributed by atoms with van der Waals surface area (Å²) in [5.74, 6) is 1.36. The molecule has 0 amide bonds. The molecular formula is C23H31N7O3. The summed E-state index contributed by atoms with van der Waals surface area (Å²) in [7, 11) is 3.12. The molecule has 1 atom stereocenters. The highest BCUT2D eigenvalue weighted by Gasteiger charge is 2.26. The van der Waals surface area contributed by atoms with E-state index in [-0.39, 0.29) is 12.1 Å². The summed E-state index contributed by atoms with van der Waals surface area (Å²) in [6, 6.07) is 2.32. The van der Waals surface area contributed by atoms with Crippen LogP contribution in [0.25, 0.3) is 16.6 Å². The van der Waals surface area contributed by atoms with E-state index in [2.05, 4.69) is 29.9 Å². The van der Waals surface area contributed by atoms with Crippen LogP contribution in [0, 0.1) is 0 Å². The Morgan fingerprint density at radius 1 is 1.06 bits per heavy atom. The Bertz CT molecular complexity index is 1080. The van der Waals surface area contributed by atoms with Gasteiger partial charge >= 0.3 is 6.01 Å². The number of ether oxygens (including phenoxy) is 3. The van der Waals surface area contributed by atoms with Gasteiger partial charge in [0.2, 0.25) is 5.88 Å². The second kappa shape index (κ2) is 9.88. The van der Waals surface area contributed by atoms with Crippen molar-refractivity contribution in [2.45, 2.75) is 31.8 Å².